The van der Waals surface area contributed by atoms with Crippen molar-refractivity contribution in [3.63, 3.8) is 0 Å². The molecule has 4 heteroatoms. The Morgan fingerprint density at radius 3 is 3.07 bits per heavy atom. The van der Waals surface area contributed by atoms with Crippen LogP contribution in [-0.2, 0) is 4.79 Å². The van der Waals surface area contributed by atoms with Crippen molar-refractivity contribution in [2.45, 2.75) is 0 Å². The summed E-state index contributed by atoms with van der Waals surface area (Å²) in [6, 6.07) is 7.43. The second-order valence-corrected chi connectivity index (χ2v) is 2.84. The van der Waals surface area contributed by atoms with Crippen molar-refractivity contribution in [1.82, 2.24) is 4.98 Å². The van der Waals surface area contributed by atoms with Gasteiger partial charge >= 0.3 is 0 Å². The first kappa shape index (κ1) is 8.32. The number of nitrogens with one attached hydrogen (secondary N) is 2. The lowest BCUT2D eigenvalue weighted by Gasteiger charge is -1.97. The van der Waals surface area contributed by atoms with Gasteiger partial charge in [-0.05, 0) is 18.2 Å². The quantitative estimate of drug-likeness (QED) is 0.698. The largest absolute Gasteiger partial charge is 0.360 e. The topological polar surface area (TPSA) is 68.7 Å². The summed E-state index contributed by atoms with van der Waals surface area (Å²) in [7, 11) is 0. The molecule has 1 aromatic carbocycles. The second-order valence-electron chi connectivity index (χ2n) is 2.84. The van der Waals surface area contributed by atoms with Crippen LogP contribution < -0.4 is 5.32 Å². The number of hydrogen-bond acceptors (Lipinski definition) is 2. The first-order valence-electron chi connectivity index (χ1n) is 4.06. The van der Waals surface area contributed by atoms with E-state index in [1.165, 1.54) is 0 Å². The molecule has 1 aromatic heterocycles. The molecule has 1 heterocycles. The summed E-state index contributed by atoms with van der Waals surface area (Å²) >= 11 is 0. The van der Waals surface area contributed by atoms with E-state index in [4.69, 9.17) is 5.26 Å². The number of hydrogen-bond donors (Lipinski definition) is 2. The van der Waals surface area contributed by atoms with E-state index in [1.807, 2.05) is 6.07 Å². The second kappa shape index (κ2) is 3.23. The standard InChI is InChI=1S/C10H7N3O/c11-4-7-5-12-10-2-1-8(13-6-14)3-9(7)10/h1-3,5-6,12H,(H,13,14). The molecule has 2 rings (SSSR count). The fourth-order valence-electron chi connectivity index (χ4n) is 1.37. The number of fused-ring (bicyclic) bond motifs is 1. The molecule has 0 saturated heterocycles. The van der Waals surface area contributed by atoms with Gasteiger partial charge < -0.3 is 10.3 Å². The molecule has 0 aliphatic carbocycles. The predicted molar refractivity (Wildman–Crippen MR) is 52.7 cm³/mol. The molecule has 0 aliphatic heterocycles. The van der Waals surface area contributed by atoms with Crippen LogP contribution in [0.4, 0.5) is 5.69 Å². The summed E-state index contributed by atoms with van der Waals surface area (Å²) in [4.78, 5) is 13.2. The van der Waals surface area contributed by atoms with Crippen LogP contribution in [0.2, 0.25) is 0 Å². The van der Waals surface area contributed by atoms with Gasteiger partial charge in [0.1, 0.15) is 6.07 Å². The van der Waals surface area contributed by atoms with Crippen LogP contribution in [0.3, 0.4) is 0 Å². The van der Waals surface area contributed by atoms with Gasteiger partial charge in [0.25, 0.3) is 0 Å². The number of H-pyrrole nitrogens is 1. The van der Waals surface area contributed by atoms with Crippen LogP contribution >= 0.6 is 0 Å². The monoisotopic (exact) mass is 185 g/mol. The van der Waals surface area contributed by atoms with Crippen molar-refractivity contribution in [1.29, 1.82) is 5.26 Å². The van der Waals surface area contributed by atoms with Crippen molar-refractivity contribution in [2.24, 2.45) is 0 Å². The fraction of sp³-hybridized carbons (Fsp3) is 0. The van der Waals surface area contributed by atoms with Gasteiger partial charge in [0, 0.05) is 22.8 Å². The summed E-state index contributed by atoms with van der Waals surface area (Å²) < 4.78 is 0. The molecule has 4 nitrogen and oxygen atoms in total. The van der Waals surface area contributed by atoms with E-state index in [0.717, 1.165) is 10.9 Å². The third-order valence-corrected chi connectivity index (χ3v) is 2.03. The minimum Gasteiger partial charge on any atom is -0.360 e. The number of carbonyl (C=O) groups excluding carboxylic acids is 1. The molecule has 14 heavy (non-hydrogen) atoms. The van der Waals surface area contributed by atoms with Gasteiger partial charge in [-0.25, -0.2) is 0 Å². The van der Waals surface area contributed by atoms with Crippen LogP contribution in [0.25, 0.3) is 10.9 Å². The van der Waals surface area contributed by atoms with Crippen LogP contribution in [0.1, 0.15) is 5.56 Å². The van der Waals surface area contributed by atoms with Crippen molar-refractivity contribution in [2.75, 3.05) is 5.32 Å². The number of amides is 1. The average molecular weight is 185 g/mol. The summed E-state index contributed by atoms with van der Waals surface area (Å²) in [6.45, 7) is 0. The van der Waals surface area contributed by atoms with Gasteiger partial charge in [0.2, 0.25) is 6.41 Å². The molecule has 0 fully saturated rings. The van der Waals surface area contributed by atoms with Gasteiger partial charge in [0.05, 0.1) is 5.56 Å². The number of carbonyl (C=O) groups is 1. The third-order valence-electron chi connectivity index (χ3n) is 2.03. The molecule has 2 N–H and O–H groups in total. The third kappa shape index (κ3) is 1.21. The van der Waals surface area contributed by atoms with E-state index in [9.17, 15) is 4.79 Å². The maximum atomic E-state index is 10.2. The van der Waals surface area contributed by atoms with Crippen LogP contribution in [0, 0.1) is 11.3 Å². The Bertz CT molecular complexity index is 522. The van der Waals surface area contributed by atoms with Gasteiger partial charge in [-0.1, -0.05) is 0 Å². The molecule has 0 atom stereocenters. The normalized spacial score (nSPS) is 9.64. The van der Waals surface area contributed by atoms with Crippen molar-refractivity contribution in [3.8, 4) is 6.07 Å². The van der Waals surface area contributed by atoms with Crippen molar-refractivity contribution in [3.05, 3.63) is 30.0 Å². The SMILES string of the molecule is N#Cc1c[nH]c2ccc(NC=O)cc12. The number of aromatic amines is 1. The summed E-state index contributed by atoms with van der Waals surface area (Å²) in [5.74, 6) is 0. The molecule has 68 valence electrons. The van der Waals surface area contributed by atoms with Crippen LogP contribution in [0.15, 0.2) is 24.4 Å². The summed E-state index contributed by atoms with van der Waals surface area (Å²) in [5.41, 5.74) is 2.15. The maximum absolute atomic E-state index is 10.2. The molecular formula is C10H7N3O. The molecule has 0 spiro atoms. The Balaban J connectivity index is 2.62. The Morgan fingerprint density at radius 2 is 2.36 bits per heavy atom. The Morgan fingerprint density at radius 1 is 1.50 bits per heavy atom. The lowest BCUT2D eigenvalue weighted by molar-refractivity contribution is -0.105. The van der Waals surface area contributed by atoms with Crippen molar-refractivity contribution < 1.29 is 4.79 Å². The highest BCUT2D eigenvalue weighted by Crippen LogP contribution is 2.21. The molecule has 0 radical (unpaired) electrons. The summed E-state index contributed by atoms with van der Waals surface area (Å²) in [6.07, 6.45) is 2.26. The molecular weight excluding hydrogens is 178 g/mol. The molecule has 2 aromatic rings. The van der Waals surface area contributed by atoms with Gasteiger partial charge in [-0.15, -0.1) is 0 Å². The zero-order valence-corrected chi connectivity index (χ0v) is 7.24. The first-order valence-corrected chi connectivity index (χ1v) is 4.06. The Hall–Kier alpha value is -2.28. The highest BCUT2D eigenvalue weighted by Gasteiger charge is 2.02. The van der Waals surface area contributed by atoms with Gasteiger partial charge in [-0.2, -0.15) is 5.26 Å². The predicted octanol–water partition coefficient (Wildman–Crippen LogP) is 1.61. The van der Waals surface area contributed by atoms with Gasteiger partial charge in [0.15, 0.2) is 0 Å². The van der Waals surface area contributed by atoms with E-state index >= 15 is 0 Å². The van der Waals surface area contributed by atoms with Crippen LogP contribution in [-0.4, -0.2) is 11.4 Å². The zero-order valence-electron chi connectivity index (χ0n) is 7.24. The molecule has 0 bridgehead atoms. The number of rotatable bonds is 2. The summed E-state index contributed by atoms with van der Waals surface area (Å²) in [5, 5.41) is 12.1. The van der Waals surface area contributed by atoms with Gasteiger partial charge in [-0.3, -0.25) is 4.79 Å². The molecule has 1 amide bonds. The van der Waals surface area contributed by atoms with E-state index in [2.05, 4.69) is 16.4 Å². The number of nitrogens with zero attached hydrogens (tertiary/aromatic N) is 1. The van der Waals surface area contributed by atoms with E-state index in [1.54, 1.807) is 18.3 Å². The molecule has 0 aliphatic rings. The minimum absolute atomic E-state index is 0.578. The van der Waals surface area contributed by atoms with E-state index < -0.39 is 0 Å². The average Bonchev–Trinajstić information content (AvgIpc) is 2.60. The molecule has 0 saturated carbocycles. The van der Waals surface area contributed by atoms with E-state index in [-0.39, 0.29) is 0 Å². The fourth-order valence-corrected chi connectivity index (χ4v) is 1.37. The smallest absolute Gasteiger partial charge is 0.211 e. The highest BCUT2D eigenvalue weighted by atomic mass is 16.1. The minimum atomic E-state index is 0.578. The number of nitriles is 1. The van der Waals surface area contributed by atoms with Crippen molar-refractivity contribution >= 4 is 23.0 Å². The number of benzene rings is 1. The highest BCUT2D eigenvalue weighted by molar-refractivity contribution is 5.90. The number of anilines is 1. The lowest BCUT2D eigenvalue weighted by atomic mass is 10.2. The Kier molecular flexibility index (Phi) is 1.92. The van der Waals surface area contributed by atoms with Crippen LogP contribution in [0.5, 0.6) is 0 Å². The number of aromatic nitrogens is 1. The van der Waals surface area contributed by atoms with E-state index in [0.29, 0.717) is 17.7 Å². The first-order chi connectivity index (χ1) is 6.85. The lowest BCUT2D eigenvalue weighted by Crippen LogP contribution is -1.92. The zero-order chi connectivity index (χ0) is 9.97. The molecule has 0 unspecified atom stereocenters. The maximum Gasteiger partial charge on any atom is 0.211 e. The Labute approximate surface area is 80.2 Å².